The lowest BCUT2D eigenvalue weighted by Crippen LogP contribution is -2.45. The predicted molar refractivity (Wildman–Crippen MR) is 332 cm³/mol. The van der Waals surface area contributed by atoms with Gasteiger partial charge in [-0.3, -0.25) is 4.79 Å². The van der Waals surface area contributed by atoms with Crippen molar-refractivity contribution >= 4 is 5.91 Å². The van der Waals surface area contributed by atoms with Crippen LogP contribution in [0.5, 0.6) is 0 Å². The standard InChI is InChI=1S/C70H135NO3/c1-3-5-7-9-11-13-15-17-19-21-23-25-27-29-31-33-34-35-36-37-38-40-42-44-46-48-50-52-54-56-58-60-62-64-66-70(74)71-68(67-72)69(73)65-63-61-59-57-55-53-51-49-47-45-43-41-39-32-30-28-26-24-22-20-18-16-14-12-10-8-6-4-2/h47,49,55,57,63,65,68-69,72-73H,3-46,48,50-54,56,58-62,64,66-67H2,1-2H3,(H,71,74)/b49-47+,57-55+,65-63+. The van der Waals surface area contributed by atoms with E-state index in [-0.39, 0.29) is 12.5 Å². The Kier molecular flexibility index (Phi) is 64.7. The van der Waals surface area contributed by atoms with Crippen LogP contribution < -0.4 is 5.32 Å². The molecule has 0 fully saturated rings. The summed E-state index contributed by atoms with van der Waals surface area (Å²) in [6.07, 6.45) is 90.9. The Morgan fingerprint density at radius 1 is 0.311 bits per heavy atom. The van der Waals surface area contributed by atoms with Crippen LogP contribution in [0.4, 0.5) is 0 Å². The molecule has 438 valence electrons. The number of aliphatic hydroxyl groups is 2. The van der Waals surface area contributed by atoms with Crippen molar-refractivity contribution in [2.24, 2.45) is 0 Å². The van der Waals surface area contributed by atoms with Crippen LogP contribution in [0.25, 0.3) is 0 Å². The smallest absolute Gasteiger partial charge is 0.220 e. The molecule has 0 saturated heterocycles. The maximum atomic E-state index is 12.5. The molecular formula is C70H135NO3. The molecule has 0 bridgehead atoms. The predicted octanol–water partition coefficient (Wildman–Crippen LogP) is 23.2. The van der Waals surface area contributed by atoms with Crippen LogP contribution in [-0.4, -0.2) is 34.9 Å². The summed E-state index contributed by atoms with van der Waals surface area (Å²) in [5, 5.41) is 23.2. The molecule has 2 unspecified atom stereocenters. The fourth-order valence-corrected chi connectivity index (χ4v) is 10.9. The van der Waals surface area contributed by atoms with Gasteiger partial charge in [0.2, 0.25) is 5.91 Å². The first-order valence-electron chi connectivity index (χ1n) is 34.2. The molecule has 0 aromatic heterocycles. The third-order valence-corrected chi connectivity index (χ3v) is 16.1. The third kappa shape index (κ3) is 61.5. The minimum absolute atomic E-state index is 0.0696. The molecule has 0 saturated carbocycles. The lowest BCUT2D eigenvalue weighted by atomic mass is 10.0. The van der Waals surface area contributed by atoms with Gasteiger partial charge in [-0.1, -0.05) is 371 Å². The highest BCUT2D eigenvalue weighted by molar-refractivity contribution is 5.76. The van der Waals surface area contributed by atoms with Crippen molar-refractivity contribution in [3.63, 3.8) is 0 Å². The van der Waals surface area contributed by atoms with E-state index in [1.54, 1.807) is 6.08 Å². The van der Waals surface area contributed by atoms with E-state index in [9.17, 15) is 15.0 Å². The fourth-order valence-electron chi connectivity index (χ4n) is 10.9. The van der Waals surface area contributed by atoms with Crippen molar-refractivity contribution in [2.75, 3.05) is 6.61 Å². The second-order valence-electron chi connectivity index (χ2n) is 23.6. The Labute approximate surface area is 465 Å². The normalized spacial score (nSPS) is 12.9. The van der Waals surface area contributed by atoms with Crippen molar-refractivity contribution in [1.82, 2.24) is 5.32 Å². The van der Waals surface area contributed by atoms with Gasteiger partial charge in [-0.05, 0) is 44.9 Å². The first-order chi connectivity index (χ1) is 36.7. The molecular weight excluding hydrogens is 903 g/mol. The van der Waals surface area contributed by atoms with Gasteiger partial charge in [0.1, 0.15) is 0 Å². The summed E-state index contributed by atoms with van der Waals surface area (Å²) >= 11 is 0. The van der Waals surface area contributed by atoms with Gasteiger partial charge in [0.05, 0.1) is 18.8 Å². The van der Waals surface area contributed by atoms with E-state index in [0.29, 0.717) is 6.42 Å². The monoisotopic (exact) mass is 1040 g/mol. The van der Waals surface area contributed by atoms with Crippen molar-refractivity contribution in [3.05, 3.63) is 36.5 Å². The van der Waals surface area contributed by atoms with Crippen molar-refractivity contribution in [1.29, 1.82) is 0 Å². The third-order valence-electron chi connectivity index (χ3n) is 16.1. The summed E-state index contributed by atoms with van der Waals surface area (Å²) in [6.45, 7) is 4.34. The maximum absolute atomic E-state index is 12.5. The number of amides is 1. The Morgan fingerprint density at radius 3 is 0.784 bits per heavy atom. The highest BCUT2D eigenvalue weighted by atomic mass is 16.3. The van der Waals surface area contributed by atoms with Crippen LogP contribution >= 0.6 is 0 Å². The molecule has 1 amide bonds. The Balaban J connectivity index is 3.45. The molecule has 0 radical (unpaired) electrons. The number of unbranched alkanes of at least 4 members (excludes halogenated alkanes) is 53. The Hall–Kier alpha value is -1.39. The zero-order valence-electron chi connectivity index (χ0n) is 50.6. The maximum Gasteiger partial charge on any atom is 0.220 e. The van der Waals surface area contributed by atoms with Crippen LogP contribution in [0.15, 0.2) is 36.5 Å². The van der Waals surface area contributed by atoms with Crippen LogP contribution in [0.1, 0.15) is 386 Å². The molecule has 74 heavy (non-hydrogen) atoms. The quantitative estimate of drug-likeness (QED) is 0.0420. The van der Waals surface area contributed by atoms with E-state index in [0.717, 1.165) is 38.5 Å². The molecule has 0 aliphatic carbocycles. The SMILES string of the molecule is CCCCCCCCCCCCCCCCCCCC/C=C/CC/C=C/CC/C=C/C(O)C(CO)NC(=O)CCCCCCCCCCCCCCCCCCCCCCCCCCCCCCCCCCCC. The number of aliphatic hydroxyl groups excluding tert-OH is 2. The molecule has 0 rings (SSSR count). The van der Waals surface area contributed by atoms with E-state index in [1.165, 1.54) is 327 Å². The molecule has 3 N–H and O–H groups in total. The van der Waals surface area contributed by atoms with Gasteiger partial charge in [-0.15, -0.1) is 0 Å². The zero-order chi connectivity index (χ0) is 53.4. The van der Waals surface area contributed by atoms with Gasteiger partial charge in [-0.25, -0.2) is 0 Å². The average Bonchev–Trinajstić information content (AvgIpc) is 3.40. The molecule has 2 atom stereocenters. The number of allylic oxidation sites excluding steroid dienone is 5. The zero-order valence-corrected chi connectivity index (χ0v) is 50.6. The van der Waals surface area contributed by atoms with Crippen LogP contribution in [0.2, 0.25) is 0 Å². The molecule has 0 aliphatic heterocycles. The number of rotatable bonds is 64. The topological polar surface area (TPSA) is 69.6 Å². The second-order valence-corrected chi connectivity index (χ2v) is 23.6. The number of nitrogens with one attached hydrogen (secondary N) is 1. The molecule has 4 nitrogen and oxygen atoms in total. The van der Waals surface area contributed by atoms with Gasteiger partial charge >= 0.3 is 0 Å². The lowest BCUT2D eigenvalue weighted by molar-refractivity contribution is -0.123. The number of carbonyl (C=O) groups is 1. The Bertz CT molecular complexity index is 1130. The molecule has 0 aromatic carbocycles. The second kappa shape index (κ2) is 65.9. The summed E-state index contributed by atoms with van der Waals surface area (Å²) in [7, 11) is 0. The molecule has 0 aliphatic rings. The van der Waals surface area contributed by atoms with Gasteiger partial charge in [0, 0.05) is 6.42 Å². The summed E-state index contributed by atoms with van der Waals surface area (Å²) in [5.41, 5.74) is 0. The highest BCUT2D eigenvalue weighted by Crippen LogP contribution is 2.19. The van der Waals surface area contributed by atoms with Crippen LogP contribution in [-0.2, 0) is 4.79 Å². The average molecular weight is 1040 g/mol. The Morgan fingerprint density at radius 2 is 0.527 bits per heavy atom. The summed E-state index contributed by atoms with van der Waals surface area (Å²) in [4.78, 5) is 12.5. The van der Waals surface area contributed by atoms with Crippen molar-refractivity contribution in [2.45, 2.75) is 398 Å². The number of hydrogen-bond donors (Lipinski definition) is 3. The summed E-state index contributed by atoms with van der Waals surface area (Å²) in [5.74, 6) is -0.0696. The van der Waals surface area contributed by atoms with Gasteiger partial charge in [0.15, 0.2) is 0 Å². The van der Waals surface area contributed by atoms with E-state index in [1.807, 2.05) is 6.08 Å². The minimum atomic E-state index is -0.870. The number of carbonyl (C=O) groups excluding carboxylic acids is 1. The van der Waals surface area contributed by atoms with Gasteiger partial charge < -0.3 is 15.5 Å². The molecule has 0 heterocycles. The lowest BCUT2D eigenvalue weighted by Gasteiger charge is -2.19. The summed E-state index contributed by atoms with van der Waals surface area (Å²) in [6, 6.07) is -0.645. The highest BCUT2D eigenvalue weighted by Gasteiger charge is 2.18. The molecule has 4 heteroatoms. The van der Waals surface area contributed by atoms with E-state index in [2.05, 4.69) is 43.5 Å². The first kappa shape index (κ1) is 72.6. The molecule has 0 aromatic rings. The number of hydrogen-bond acceptors (Lipinski definition) is 3. The van der Waals surface area contributed by atoms with E-state index >= 15 is 0 Å². The summed E-state index contributed by atoms with van der Waals surface area (Å²) < 4.78 is 0. The van der Waals surface area contributed by atoms with Crippen LogP contribution in [0, 0.1) is 0 Å². The van der Waals surface area contributed by atoms with E-state index in [4.69, 9.17) is 0 Å². The van der Waals surface area contributed by atoms with Gasteiger partial charge in [-0.2, -0.15) is 0 Å². The van der Waals surface area contributed by atoms with E-state index < -0.39 is 12.1 Å². The van der Waals surface area contributed by atoms with Crippen molar-refractivity contribution in [3.8, 4) is 0 Å². The largest absolute Gasteiger partial charge is 0.394 e. The first-order valence-corrected chi connectivity index (χ1v) is 34.2. The van der Waals surface area contributed by atoms with Gasteiger partial charge in [0.25, 0.3) is 0 Å². The minimum Gasteiger partial charge on any atom is -0.394 e. The molecule has 0 spiro atoms. The fraction of sp³-hybridized carbons (Fsp3) is 0.900. The van der Waals surface area contributed by atoms with Crippen LogP contribution in [0.3, 0.4) is 0 Å². The van der Waals surface area contributed by atoms with Crippen molar-refractivity contribution < 1.29 is 15.0 Å².